The van der Waals surface area contributed by atoms with Crippen LogP contribution in [0.3, 0.4) is 0 Å². The average molecular weight is 303 g/mol. The number of carbonyl (C=O) groups excluding carboxylic acids is 1. The van der Waals surface area contributed by atoms with Crippen molar-refractivity contribution in [1.82, 2.24) is 5.32 Å². The van der Waals surface area contributed by atoms with Crippen LogP contribution in [-0.2, 0) is 11.2 Å². The SMILES string of the molecule is COc1ccc2c(CC(=O)NC(CCO)C3CC3)coc2c1. The lowest BCUT2D eigenvalue weighted by Gasteiger charge is -2.16. The molecule has 1 aliphatic rings. The second-order valence-electron chi connectivity index (χ2n) is 5.82. The van der Waals surface area contributed by atoms with Gasteiger partial charge in [-0.05, 0) is 37.3 Å². The molecule has 0 radical (unpaired) electrons. The van der Waals surface area contributed by atoms with Crippen LogP contribution in [0.4, 0.5) is 0 Å². The largest absolute Gasteiger partial charge is 0.497 e. The molecule has 0 bridgehead atoms. The molecule has 3 rings (SSSR count). The highest BCUT2D eigenvalue weighted by Gasteiger charge is 2.31. The van der Waals surface area contributed by atoms with Gasteiger partial charge < -0.3 is 19.6 Å². The third-order valence-corrected chi connectivity index (χ3v) is 4.19. The van der Waals surface area contributed by atoms with Gasteiger partial charge in [-0.1, -0.05) is 0 Å². The predicted octanol–water partition coefficient (Wildman–Crippen LogP) is 2.26. The summed E-state index contributed by atoms with van der Waals surface area (Å²) in [6, 6.07) is 5.68. The number of aliphatic hydroxyl groups is 1. The molecule has 2 N–H and O–H groups in total. The molecule has 22 heavy (non-hydrogen) atoms. The molecular weight excluding hydrogens is 282 g/mol. The van der Waals surface area contributed by atoms with E-state index in [1.54, 1.807) is 13.4 Å². The van der Waals surface area contributed by atoms with Gasteiger partial charge in [0.1, 0.15) is 11.3 Å². The number of aliphatic hydroxyl groups excluding tert-OH is 1. The van der Waals surface area contributed by atoms with Crippen LogP contribution in [0.15, 0.2) is 28.9 Å². The Bertz CT molecular complexity index is 660. The molecule has 1 atom stereocenters. The Morgan fingerprint density at radius 1 is 1.50 bits per heavy atom. The van der Waals surface area contributed by atoms with Crippen molar-refractivity contribution >= 4 is 16.9 Å². The maximum atomic E-state index is 12.2. The third kappa shape index (κ3) is 3.25. The van der Waals surface area contributed by atoms with Crippen molar-refractivity contribution in [3.05, 3.63) is 30.0 Å². The number of nitrogens with one attached hydrogen (secondary N) is 1. The number of fused-ring (bicyclic) bond motifs is 1. The lowest BCUT2D eigenvalue weighted by molar-refractivity contribution is -0.121. The minimum Gasteiger partial charge on any atom is -0.497 e. The predicted molar refractivity (Wildman–Crippen MR) is 82.8 cm³/mol. The summed E-state index contributed by atoms with van der Waals surface area (Å²) in [5.41, 5.74) is 1.59. The summed E-state index contributed by atoms with van der Waals surface area (Å²) < 4.78 is 10.7. The molecule has 118 valence electrons. The summed E-state index contributed by atoms with van der Waals surface area (Å²) in [6.07, 6.45) is 4.81. The van der Waals surface area contributed by atoms with Gasteiger partial charge in [0.2, 0.25) is 5.91 Å². The van der Waals surface area contributed by atoms with E-state index in [1.807, 2.05) is 18.2 Å². The van der Waals surface area contributed by atoms with Crippen LogP contribution in [0.5, 0.6) is 5.75 Å². The van der Waals surface area contributed by atoms with Gasteiger partial charge in [-0.15, -0.1) is 0 Å². The van der Waals surface area contributed by atoms with Crippen LogP contribution >= 0.6 is 0 Å². The quantitative estimate of drug-likeness (QED) is 0.823. The zero-order chi connectivity index (χ0) is 15.5. The molecule has 0 saturated heterocycles. The molecule has 5 heteroatoms. The van der Waals surface area contributed by atoms with Gasteiger partial charge in [0.05, 0.1) is 19.8 Å². The maximum absolute atomic E-state index is 12.2. The lowest BCUT2D eigenvalue weighted by Crippen LogP contribution is -2.38. The van der Waals surface area contributed by atoms with E-state index in [4.69, 9.17) is 14.3 Å². The van der Waals surface area contributed by atoms with Crippen LogP contribution in [-0.4, -0.2) is 30.8 Å². The first-order chi connectivity index (χ1) is 10.7. The van der Waals surface area contributed by atoms with Crippen molar-refractivity contribution in [3.8, 4) is 5.75 Å². The Hall–Kier alpha value is -2.01. The molecule has 0 spiro atoms. The number of hydrogen-bond donors (Lipinski definition) is 2. The number of carbonyl (C=O) groups is 1. The molecule has 1 aromatic carbocycles. The molecule has 2 aromatic rings. The van der Waals surface area contributed by atoms with Gasteiger partial charge in [0.25, 0.3) is 0 Å². The maximum Gasteiger partial charge on any atom is 0.224 e. The first-order valence-corrected chi connectivity index (χ1v) is 7.65. The van der Waals surface area contributed by atoms with Crippen LogP contribution in [0.25, 0.3) is 11.0 Å². The summed E-state index contributed by atoms with van der Waals surface area (Å²) >= 11 is 0. The Morgan fingerprint density at radius 2 is 2.32 bits per heavy atom. The van der Waals surface area contributed by atoms with Crippen molar-refractivity contribution in [2.24, 2.45) is 5.92 Å². The zero-order valence-electron chi connectivity index (χ0n) is 12.7. The fourth-order valence-electron chi connectivity index (χ4n) is 2.82. The Morgan fingerprint density at radius 3 is 3.00 bits per heavy atom. The minimum absolute atomic E-state index is 0.0242. The Kier molecular flexibility index (Phi) is 4.34. The standard InChI is InChI=1S/C17H21NO4/c1-21-13-4-5-14-12(10-22-16(14)9-13)8-17(20)18-15(6-7-19)11-2-3-11/h4-5,9-11,15,19H,2-3,6-8H2,1H3,(H,18,20). The van der Waals surface area contributed by atoms with Gasteiger partial charge in [-0.2, -0.15) is 0 Å². The second kappa shape index (κ2) is 6.40. The average Bonchev–Trinajstić information content (AvgIpc) is 3.29. The number of ether oxygens (including phenoxy) is 1. The van der Waals surface area contributed by atoms with E-state index >= 15 is 0 Å². The van der Waals surface area contributed by atoms with E-state index in [9.17, 15) is 4.79 Å². The molecule has 1 aromatic heterocycles. The van der Waals surface area contributed by atoms with Crippen molar-refractivity contribution in [2.45, 2.75) is 31.7 Å². The topological polar surface area (TPSA) is 71.7 Å². The number of methoxy groups -OCH3 is 1. The van der Waals surface area contributed by atoms with Crippen LogP contribution in [0.1, 0.15) is 24.8 Å². The number of rotatable bonds is 7. The van der Waals surface area contributed by atoms with E-state index < -0.39 is 0 Å². The number of furan rings is 1. The van der Waals surface area contributed by atoms with Gasteiger partial charge in [-0.25, -0.2) is 0 Å². The summed E-state index contributed by atoms with van der Waals surface area (Å²) in [5, 5.41) is 13.1. The number of benzene rings is 1. The molecule has 0 aliphatic heterocycles. The van der Waals surface area contributed by atoms with E-state index in [0.29, 0.717) is 12.3 Å². The van der Waals surface area contributed by atoms with Crippen LogP contribution in [0.2, 0.25) is 0 Å². The molecule has 1 saturated carbocycles. The highest BCUT2D eigenvalue weighted by Crippen LogP contribution is 2.34. The van der Waals surface area contributed by atoms with Gasteiger partial charge in [-0.3, -0.25) is 4.79 Å². The van der Waals surface area contributed by atoms with Crippen LogP contribution < -0.4 is 10.1 Å². The summed E-state index contributed by atoms with van der Waals surface area (Å²) in [5.74, 6) is 1.24. The van der Waals surface area contributed by atoms with Gasteiger partial charge >= 0.3 is 0 Å². The normalized spacial score (nSPS) is 15.7. The molecule has 1 amide bonds. The smallest absolute Gasteiger partial charge is 0.224 e. The van der Waals surface area contributed by atoms with Crippen molar-refractivity contribution < 1.29 is 19.1 Å². The first kappa shape index (κ1) is 14.9. The summed E-state index contributed by atoms with van der Waals surface area (Å²) in [7, 11) is 1.61. The summed E-state index contributed by atoms with van der Waals surface area (Å²) in [6.45, 7) is 0.107. The van der Waals surface area contributed by atoms with Gasteiger partial charge in [0.15, 0.2) is 0 Å². The minimum atomic E-state index is -0.0242. The van der Waals surface area contributed by atoms with Gasteiger partial charge in [0, 0.05) is 29.7 Å². The first-order valence-electron chi connectivity index (χ1n) is 7.65. The van der Waals surface area contributed by atoms with Crippen molar-refractivity contribution in [3.63, 3.8) is 0 Å². The van der Waals surface area contributed by atoms with E-state index in [-0.39, 0.29) is 25.0 Å². The lowest BCUT2D eigenvalue weighted by atomic mass is 10.1. The monoisotopic (exact) mass is 303 g/mol. The summed E-state index contributed by atoms with van der Waals surface area (Å²) in [4.78, 5) is 12.2. The fraction of sp³-hybridized carbons (Fsp3) is 0.471. The van der Waals surface area contributed by atoms with Crippen molar-refractivity contribution in [1.29, 1.82) is 0 Å². The molecule has 1 unspecified atom stereocenters. The highest BCUT2D eigenvalue weighted by molar-refractivity contribution is 5.88. The van der Waals surface area contributed by atoms with Crippen LogP contribution in [0, 0.1) is 5.92 Å². The fourth-order valence-corrected chi connectivity index (χ4v) is 2.82. The van der Waals surface area contributed by atoms with E-state index in [1.165, 1.54) is 0 Å². The molecule has 5 nitrogen and oxygen atoms in total. The zero-order valence-corrected chi connectivity index (χ0v) is 12.7. The molecule has 1 fully saturated rings. The Labute approximate surface area is 129 Å². The van der Waals surface area contributed by atoms with E-state index in [2.05, 4.69) is 5.32 Å². The third-order valence-electron chi connectivity index (χ3n) is 4.19. The van der Waals surface area contributed by atoms with E-state index in [0.717, 1.165) is 35.1 Å². The Balaban J connectivity index is 1.68. The number of amides is 1. The second-order valence-corrected chi connectivity index (χ2v) is 5.82. The molecular formula is C17H21NO4. The molecule has 1 heterocycles. The number of hydrogen-bond acceptors (Lipinski definition) is 4. The molecule has 1 aliphatic carbocycles. The highest BCUT2D eigenvalue weighted by atomic mass is 16.5. The van der Waals surface area contributed by atoms with Crippen molar-refractivity contribution in [2.75, 3.05) is 13.7 Å².